The summed E-state index contributed by atoms with van der Waals surface area (Å²) in [6.07, 6.45) is 1.26. The molecule has 166 valence electrons. The van der Waals surface area contributed by atoms with Crippen molar-refractivity contribution in [1.82, 2.24) is 10.3 Å². The Morgan fingerprint density at radius 2 is 1.90 bits per heavy atom. The van der Waals surface area contributed by atoms with Gasteiger partial charge in [-0.05, 0) is 35.6 Å². The van der Waals surface area contributed by atoms with Crippen LogP contribution in [-0.4, -0.2) is 19.3 Å². The van der Waals surface area contributed by atoms with Crippen molar-refractivity contribution in [2.75, 3.05) is 0 Å². The van der Waals surface area contributed by atoms with Crippen LogP contribution in [0, 0.1) is 5.41 Å². The molecule has 3 aromatic rings. The molecule has 0 radical (unpaired) electrons. The summed E-state index contributed by atoms with van der Waals surface area (Å²) in [6, 6.07) is 10.3. The van der Waals surface area contributed by atoms with Gasteiger partial charge < -0.3 is 9.50 Å². The molecule has 0 spiro atoms. The van der Waals surface area contributed by atoms with Crippen LogP contribution in [0.1, 0.15) is 48.0 Å². The summed E-state index contributed by atoms with van der Waals surface area (Å²) in [4.78, 5) is 18.7. The first-order valence-electron chi connectivity index (χ1n) is 9.58. The Morgan fingerprint density at radius 3 is 2.48 bits per heavy atom. The van der Waals surface area contributed by atoms with Gasteiger partial charge in [-0.3, -0.25) is 4.79 Å². The van der Waals surface area contributed by atoms with Crippen LogP contribution >= 0.6 is 22.7 Å². The van der Waals surface area contributed by atoms with Gasteiger partial charge in [0.25, 0.3) is 0 Å². The van der Waals surface area contributed by atoms with Crippen molar-refractivity contribution in [2.45, 2.75) is 39.7 Å². The van der Waals surface area contributed by atoms with E-state index in [1.165, 1.54) is 28.3 Å². The molecule has 0 aliphatic heterocycles. The molecule has 31 heavy (non-hydrogen) atoms. The number of nitrogens with two attached hydrogens (primary N) is 1. The van der Waals surface area contributed by atoms with Gasteiger partial charge in [0, 0.05) is 22.1 Å². The Hall–Kier alpha value is -2.27. The molecule has 0 fully saturated rings. The van der Waals surface area contributed by atoms with Gasteiger partial charge in [-0.2, -0.15) is 13.6 Å². The Balaban J connectivity index is 1.80. The van der Waals surface area contributed by atoms with Gasteiger partial charge in [-0.15, -0.1) is 22.7 Å². The van der Waals surface area contributed by atoms with E-state index in [1.54, 1.807) is 23.5 Å². The van der Waals surface area contributed by atoms with Crippen LogP contribution in [0.15, 0.2) is 47.2 Å². The molecular weight excluding hydrogens is 454 g/mol. The van der Waals surface area contributed by atoms with Crippen molar-refractivity contribution in [1.29, 1.82) is 0 Å². The molecule has 10 heteroatoms. The van der Waals surface area contributed by atoms with E-state index >= 15 is 0 Å². The summed E-state index contributed by atoms with van der Waals surface area (Å²) >= 11 is 3.21. The fourth-order valence-electron chi connectivity index (χ4n) is 2.78. The lowest BCUT2D eigenvalue weighted by atomic mass is 9.94. The van der Waals surface area contributed by atoms with E-state index in [-0.39, 0.29) is 17.7 Å². The first kappa shape index (κ1) is 23.4. The molecule has 1 aromatic carbocycles. The van der Waals surface area contributed by atoms with Crippen molar-refractivity contribution < 1.29 is 17.4 Å². The van der Waals surface area contributed by atoms with Gasteiger partial charge in [-0.1, -0.05) is 39.0 Å². The maximum atomic E-state index is 12.7. The SMILES string of the molecule is CC(C)(C)C(=O)NC(Cc1ccc(OS(N)(=O)=O)cc1)c1nc(Cc2cccs2)cs1. The number of hydrogen-bond donors (Lipinski definition) is 2. The highest BCUT2D eigenvalue weighted by Crippen LogP contribution is 2.27. The lowest BCUT2D eigenvalue weighted by Gasteiger charge is -2.23. The summed E-state index contributed by atoms with van der Waals surface area (Å²) in [5.41, 5.74) is 1.33. The van der Waals surface area contributed by atoms with E-state index in [0.29, 0.717) is 6.42 Å². The molecule has 0 saturated carbocycles. The molecule has 0 saturated heterocycles. The third kappa shape index (κ3) is 7.13. The van der Waals surface area contributed by atoms with Gasteiger partial charge in [-0.25, -0.2) is 4.98 Å². The maximum Gasteiger partial charge on any atom is 0.380 e. The predicted octanol–water partition coefficient (Wildman–Crippen LogP) is 3.82. The molecule has 3 N–H and O–H groups in total. The van der Waals surface area contributed by atoms with Crippen molar-refractivity contribution >= 4 is 38.9 Å². The molecule has 2 aromatic heterocycles. The van der Waals surface area contributed by atoms with Crippen LogP contribution in [0.4, 0.5) is 0 Å². The second kappa shape index (κ2) is 9.47. The molecule has 7 nitrogen and oxygen atoms in total. The minimum atomic E-state index is -4.07. The first-order chi connectivity index (χ1) is 14.5. The highest BCUT2D eigenvalue weighted by molar-refractivity contribution is 7.84. The molecule has 1 atom stereocenters. The van der Waals surface area contributed by atoms with E-state index < -0.39 is 15.7 Å². The zero-order valence-electron chi connectivity index (χ0n) is 17.5. The summed E-state index contributed by atoms with van der Waals surface area (Å²) in [5, 5.41) is 12.9. The zero-order chi connectivity index (χ0) is 22.6. The van der Waals surface area contributed by atoms with Gasteiger partial charge in [0.05, 0.1) is 11.7 Å². The second-order valence-electron chi connectivity index (χ2n) is 8.13. The minimum Gasteiger partial charge on any atom is -0.371 e. The monoisotopic (exact) mass is 479 g/mol. The Bertz CT molecular complexity index is 1120. The third-order valence-corrected chi connectivity index (χ3v) is 6.67. The summed E-state index contributed by atoms with van der Waals surface area (Å²) in [5.74, 6) is 0.0655. The molecule has 1 unspecified atom stereocenters. The average molecular weight is 480 g/mol. The van der Waals surface area contributed by atoms with Crippen LogP contribution in [0.3, 0.4) is 0 Å². The van der Waals surface area contributed by atoms with Crippen LogP contribution in [0.2, 0.25) is 0 Å². The van der Waals surface area contributed by atoms with Crippen molar-refractivity contribution in [3.8, 4) is 5.75 Å². The van der Waals surface area contributed by atoms with Crippen LogP contribution in [0.25, 0.3) is 0 Å². The van der Waals surface area contributed by atoms with Crippen LogP contribution in [-0.2, 0) is 27.9 Å². The number of carbonyl (C=O) groups is 1. The van der Waals surface area contributed by atoms with Crippen LogP contribution in [0.5, 0.6) is 5.75 Å². The normalized spacial score (nSPS) is 13.0. The topological polar surface area (TPSA) is 111 Å². The lowest BCUT2D eigenvalue weighted by molar-refractivity contribution is -0.129. The second-order valence-corrected chi connectivity index (χ2v) is 11.2. The standard InChI is InChI=1S/C21H25N3O4S3/c1-21(2,3)20(25)24-18(11-14-6-8-16(9-7-14)28-31(22,26)27)19-23-15(13-30-19)12-17-5-4-10-29-17/h4-10,13,18H,11-12H2,1-3H3,(H,24,25)(H2,22,26,27). The fourth-order valence-corrected chi connectivity index (χ4v) is 4.75. The molecule has 1 amide bonds. The van der Waals surface area contributed by atoms with Gasteiger partial charge in [0.2, 0.25) is 5.91 Å². The van der Waals surface area contributed by atoms with Crippen LogP contribution < -0.4 is 14.6 Å². The Labute approximate surface area is 190 Å². The van der Waals surface area contributed by atoms with E-state index in [2.05, 4.69) is 15.6 Å². The summed E-state index contributed by atoms with van der Waals surface area (Å²) in [7, 11) is -4.07. The minimum absolute atomic E-state index is 0.0679. The maximum absolute atomic E-state index is 12.7. The number of hydrogen-bond acceptors (Lipinski definition) is 7. The first-order valence-corrected chi connectivity index (χ1v) is 12.8. The number of nitrogens with zero attached hydrogens (tertiary/aromatic N) is 1. The molecule has 0 bridgehead atoms. The molecular formula is C21H25N3O4S3. The summed E-state index contributed by atoms with van der Waals surface area (Å²) < 4.78 is 26.8. The third-order valence-electron chi connectivity index (χ3n) is 4.37. The Kier molecular flexibility index (Phi) is 7.15. The molecule has 3 rings (SSSR count). The Morgan fingerprint density at radius 1 is 1.19 bits per heavy atom. The largest absolute Gasteiger partial charge is 0.380 e. The van der Waals surface area contributed by atoms with E-state index in [0.717, 1.165) is 22.7 Å². The summed E-state index contributed by atoms with van der Waals surface area (Å²) in [6.45, 7) is 5.59. The molecule has 0 aliphatic carbocycles. The lowest BCUT2D eigenvalue weighted by Crippen LogP contribution is -2.38. The highest BCUT2D eigenvalue weighted by atomic mass is 32.2. The van der Waals surface area contributed by atoms with E-state index in [1.807, 2.05) is 37.6 Å². The average Bonchev–Trinajstić information content (AvgIpc) is 3.33. The number of benzene rings is 1. The quantitative estimate of drug-likeness (QED) is 0.510. The molecule has 0 aliphatic rings. The number of thiazole rings is 1. The molecule has 2 heterocycles. The fraction of sp³-hybridized carbons (Fsp3) is 0.333. The number of thiophene rings is 1. The van der Waals surface area contributed by atoms with E-state index in [4.69, 9.17) is 10.1 Å². The van der Waals surface area contributed by atoms with Crippen molar-refractivity contribution in [2.24, 2.45) is 10.6 Å². The van der Waals surface area contributed by atoms with Gasteiger partial charge >= 0.3 is 10.3 Å². The van der Waals surface area contributed by atoms with Crippen molar-refractivity contribution in [3.05, 3.63) is 68.3 Å². The number of nitrogens with one attached hydrogen (secondary N) is 1. The zero-order valence-corrected chi connectivity index (χ0v) is 19.9. The van der Waals surface area contributed by atoms with Gasteiger partial charge in [0.1, 0.15) is 10.8 Å². The predicted molar refractivity (Wildman–Crippen MR) is 123 cm³/mol. The van der Waals surface area contributed by atoms with E-state index in [9.17, 15) is 13.2 Å². The highest BCUT2D eigenvalue weighted by Gasteiger charge is 2.26. The van der Waals surface area contributed by atoms with Crippen molar-refractivity contribution in [3.63, 3.8) is 0 Å². The number of amides is 1. The van der Waals surface area contributed by atoms with Gasteiger partial charge in [0.15, 0.2) is 0 Å². The number of carbonyl (C=O) groups excluding carboxylic acids is 1. The number of rotatable bonds is 8. The number of aromatic nitrogens is 1. The smallest absolute Gasteiger partial charge is 0.371 e.